The van der Waals surface area contributed by atoms with Gasteiger partial charge in [0.1, 0.15) is 5.75 Å². The second-order valence-electron chi connectivity index (χ2n) is 4.24. The van der Waals surface area contributed by atoms with Gasteiger partial charge >= 0.3 is 0 Å². The van der Waals surface area contributed by atoms with Crippen molar-refractivity contribution >= 4 is 11.8 Å². The minimum atomic E-state index is 0.451. The molecule has 82 valence electrons. The Balaban J connectivity index is 2.22. The van der Waals surface area contributed by atoms with Crippen LogP contribution in [-0.2, 0) is 0 Å². The van der Waals surface area contributed by atoms with Crippen LogP contribution in [0.1, 0.15) is 38.2 Å². The number of rotatable bonds is 4. The predicted octanol–water partition coefficient (Wildman–Crippen LogP) is 3.47. The molecular formula is C12H17NOS. The molecule has 0 spiro atoms. The van der Waals surface area contributed by atoms with Crippen molar-refractivity contribution in [3.05, 3.63) is 17.8 Å². The van der Waals surface area contributed by atoms with Gasteiger partial charge in [-0.3, -0.25) is 0 Å². The van der Waals surface area contributed by atoms with Crippen LogP contribution in [0, 0.1) is 0 Å². The maximum Gasteiger partial charge on any atom is 0.138 e. The third kappa shape index (κ3) is 2.65. The highest BCUT2D eigenvalue weighted by atomic mass is 32.2. The molecule has 15 heavy (non-hydrogen) atoms. The maximum atomic E-state index is 5.74. The Kier molecular flexibility index (Phi) is 3.19. The predicted molar refractivity (Wildman–Crippen MR) is 63.8 cm³/mol. The van der Waals surface area contributed by atoms with Gasteiger partial charge in [0.15, 0.2) is 0 Å². The van der Waals surface area contributed by atoms with Crippen LogP contribution in [0.25, 0.3) is 0 Å². The summed E-state index contributed by atoms with van der Waals surface area (Å²) >= 11 is 1.70. The first kappa shape index (κ1) is 10.8. The van der Waals surface area contributed by atoms with Gasteiger partial charge in [-0.25, -0.2) is 4.98 Å². The van der Waals surface area contributed by atoms with Crippen molar-refractivity contribution < 1.29 is 4.74 Å². The third-order valence-corrected chi connectivity index (χ3v) is 3.22. The minimum absolute atomic E-state index is 0.451. The molecule has 0 saturated heterocycles. The summed E-state index contributed by atoms with van der Waals surface area (Å²) in [5.41, 5.74) is 1.29. The first-order valence-corrected chi connectivity index (χ1v) is 6.63. The molecule has 1 heterocycles. The molecule has 0 aromatic carbocycles. The topological polar surface area (TPSA) is 22.1 Å². The molecule has 2 rings (SSSR count). The summed E-state index contributed by atoms with van der Waals surface area (Å²) in [6.45, 7) is 4.38. The first-order chi connectivity index (χ1) is 7.20. The van der Waals surface area contributed by atoms with Crippen LogP contribution in [0.5, 0.6) is 5.75 Å². The zero-order valence-corrected chi connectivity index (χ0v) is 10.3. The van der Waals surface area contributed by atoms with Gasteiger partial charge < -0.3 is 4.74 Å². The van der Waals surface area contributed by atoms with E-state index in [1.807, 2.05) is 6.20 Å². The van der Waals surface area contributed by atoms with Gasteiger partial charge in [-0.05, 0) is 36.6 Å². The zero-order valence-electron chi connectivity index (χ0n) is 9.49. The van der Waals surface area contributed by atoms with E-state index in [0.29, 0.717) is 12.0 Å². The van der Waals surface area contributed by atoms with E-state index in [0.717, 1.165) is 10.8 Å². The Hall–Kier alpha value is -0.700. The van der Waals surface area contributed by atoms with E-state index in [4.69, 9.17) is 4.74 Å². The summed E-state index contributed by atoms with van der Waals surface area (Å²) in [6.07, 6.45) is 6.75. The average molecular weight is 223 g/mol. The summed E-state index contributed by atoms with van der Waals surface area (Å²) in [5, 5.41) is 1.12. The molecule has 1 fully saturated rings. The fourth-order valence-electron chi connectivity index (χ4n) is 1.48. The Morgan fingerprint density at radius 1 is 1.47 bits per heavy atom. The van der Waals surface area contributed by atoms with E-state index in [1.165, 1.54) is 18.4 Å². The van der Waals surface area contributed by atoms with E-state index >= 15 is 0 Å². The Morgan fingerprint density at radius 2 is 2.20 bits per heavy atom. The Morgan fingerprint density at radius 3 is 2.73 bits per heavy atom. The van der Waals surface area contributed by atoms with Gasteiger partial charge in [0.25, 0.3) is 0 Å². The molecule has 2 nitrogen and oxygen atoms in total. The largest absolute Gasteiger partial charge is 0.489 e. The molecule has 0 atom stereocenters. The summed E-state index contributed by atoms with van der Waals surface area (Å²) < 4.78 is 5.74. The quantitative estimate of drug-likeness (QED) is 0.730. The second kappa shape index (κ2) is 4.44. The van der Waals surface area contributed by atoms with Crippen LogP contribution in [-0.4, -0.2) is 17.3 Å². The number of hydrogen-bond acceptors (Lipinski definition) is 3. The molecule has 3 heteroatoms. The molecule has 0 radical (unpaired) electrons. The number of hydrogen-bond donors (Lipinski definition) is 0. The van der Waals surface area contributed by atoms with Crippen molar-refractivity contribution in [2.24, 2.45) is 0 Å². The SMILES string of the molecule is CSc1ncc(OC2CC2)cc1C(C)C. The summed E-state index contributed by atoms with van der Waals surface area (Å²) in [6, 6.07) is 2.14. The Labute approximate surface area is 95.4 Å². The number of pyridine rings is 1. The van der Waals surface area contributed by atoms with Crippen LogP contribution in [0.3, 0.4) is 0 Å². The highest BCUT2D eigenvalue weighted by Gasteiger charge is 2.24. The second-order valence-corrected chi connectivity index (χ2v) is 5.04. The van der Waals surface area contributed by atoms with Crippen molar-refractivity contribution in [1.82, 2.24) is 4.98 Å². The zero-order chi connectivity index (χ0) is 10.8. The molecule has 0 N–H and O–H groups in total. The van der Waals surface area contributed by atoms with Crippen molar-refractivity contribution in [2.75, 3.05) is 6.26 Å². The van der Waals surface area contributed by atoms with Crippen molar-refractivity contribution in [1.29, 1.82) is 0 Å². The molecule has 1 aliphatic carbocycles. The van der Waals surface area contributed by atoms with E-state index in [9.17, 15) is 0 Å². The van der Waals surface area contributed by atoms with Gasteiger partial charge in [-0.1, -0.05) is 13.8 Å². The van der Waals surface area contributed by atoms with Gasteiger partial charge in [-0.2, -0.15) is 0 Å². The van der Waals surface area contributed by atoms with Crippen molar-refractivity contribution in [2.45, 2.75) is 43.7 Å². The first-order valence-electron chi connectivity index (χ1n) is 5.41. The molecule has 0 amide bonds. The lowest BCUT2D eigenvalue weighted by Crippen LogP contribution is -2.00. The molecule has 1 aromatic heterocycles. The van der Waals surface area contributed by atoms with Gasteiger partial charge in [0.05, 0.1) is 17.3 Å². The van der Waals surface area contributed by atoms with Crippen LogP contribution < -0.4 is 4.74 Å². The van der Waals surface area contributed by atoms with Crippen molar-refractivity contribution in [3.63, 3.8) is 0 Å². The minimum Gasteiger partial charge on any atom is -0.489 e. The maximum absolute atomic E-state index is 5.74. The fraction of sp³-hybridized carbons (Fsp3) is 0.583. The molecule has 1 aliphatic rings. The summed E-state index contributed by atoms with van der Waals surface area (Å²) in [5.74, 6) is 1.43. The lowest BCUT2D eigenvalue weighted by Gasteiger charge is -2.12. The number of aromatic nitrogens is 1. The normalized spacial score (nSPS) is 15.7. The molecule has 1 aromatic rings. The van der Waals surface area contributed by atoms with Crippen molar-refractivity contribution in [3.8, 4) is 5.75 Å². The van der Waals surface area contributed by atoms with E-state index in [2.05, 4.69) is 31.2 Å². The monoisotopic (exact) mass is 223 g/mol. The highest BCUT2D eigenvalue weighted by Crippen LogP contribution is 2.31. The third-order valence-electron chi connectivity index (χ3n) is 2.50. The number of nitrogens with zero attached hydrogens (tertiary/aromatic N) is 1. The average Bonchev–Trinajstić information content (AvgIpc) is 3.01. The highest BCUT2D eigenvalue weighted by molar-refractivity contribution is 7.98. The van der Waals surface area contributed by atoms with Crippen LogP contribution in [0.15, 0.2) is 17.3 Å². The standard InChI is InChI=1S/C12H17NOS/c1-8(2)11-6-10(14-9-4-5-9)7-13-12(11)15-3/h6-9H,4-5H2,1-3H3. The number of thioether (sulfide) groups is 1. The molecule has 1 saturated carbocycles. The van der Waals surface area contributed by atoms with Gasteiger partial charge in [-0.15, -0.1) is 11.8 Å². The van der Waals surface area contributed by atoms with Crippen LogP contribution in [0.4, 0.5) is 0 Å². The van der Waals surface area contributed by atoms with Gasteiger partial charge in [0, 0.05) is 0 Å². The van der Waals surface area contributed by atoms with Crippen LogP contribution in [0.2, 0.25) is 0 Å². The summed E-state index contributed by atoms with van der Waals surface area (Å²) in [7, 11) is 0. The summed E-state index contributed by atoms with van der Waals surface area (Å²) in [4.78, 5) is 4.44. The Bertz CT molecular complexity index is 347. The lowest BCUT2D eigenvalue weighted by molar-refractivity contribution is 0.301. The lowest BCUT2D eigenvalue weighted by atomic mass is 10.1. The van der Waals surface area contributed by atoms with E-state index in [1.54, 1.807) is 11.8 Å². The smallest absolute Gasteiger partial charge is 0.138 e. The molecular weight excluding hydrogens is 206 g/mol. The molecule has 0 bridgehead atoms. The molecule has 0 unspecified atom stereocenters. The van der Waals surface area contributed by atoms with E-state index < -0.39 is 0 Å². The molecule has 0 aliphatic heterocycles. The number of ether oxygens (including phenoxy) is 1. The van der Waals surface area contributed by atoms with E-state index in [-0.39, 0.29) is 0 Å². The van der Waals surface area contributed by atoms with Crippen LogP contribution >= 0.6 is 11.8 Å². The van der Waals surface area contributed by atoms with Gasteiger partial charge in [0.2, 0.25) is 0 Å². The fourth-order valence-corrected chi connectivity index (χ4v) is 2.16.